The molecular weight excluding hydrogens is 404 g/mol. The fourth-order valence-corrected chi connectivity index (χ4v) is 3.24. The Hall–Kier alpha value is -3.08. The minimum Gasteiger partial charge on any atom is -0.496 e. The number of ketones is 1. The van der Waals surface area contributed by atoms with Crippen LogP contribution in [-0.4, -0.2) is 30.1 Å². The third-order valence-corrected chi connectivity index (χ3v) is 4.84. The van der Waals surface area contributed by atoms with Crippen LogP contribution in [0.5, 0.6) is 11.5 Å². The number of methoxy groups -OCH3 is 1. The summed E-state index contributed by atoms with van der Waals surface area (Å²) in [6.07, 6.45) is 3.34. The molecule has 5 nitrogen and oxygen atoms in total. The lowest BCUT2D eigenvalue weighted by molar-refractivity contribution is -0.171. The Morgan fingerprint density at radius 2 is 1.47 bits per heavy atom. The third kappa shape index (κ3) is 6.46. The van der Waals surface area contributed by atoms with E-state index in [0.717, 1.165) is 28.0 Å². The Morgan fingerprint density at radius 3 is 1.97 bits per heavy atom. The molecule has 32 heavy (non-hydrogen) atoms. The van der Waals surface area contributed by atoms with E-state index >= 15 is 0 Å². The van der Waals surface area contributed by atoms with Crippen molar-refractivity contribution in [1.82, 2.24) is 0 Å². The summed E-state index contributed by atoms with van der Waals surface area (Å²) in [6, 6.07) is 9.22. The molecule has 2 rings (SSSR count). The summed E-state index contributed by atoms with van der Waals surface area (Å²) in [5.41, 5.74) is 2.40. The summed E-state index contributed by atoms with van der Waals surface area (Å²) in [5.74, 6) is 0.877. The zero-order valence-electron chi connectivity index (χ0n) is 20.6. The van der Waals surface area contributed by atoms with Crippen molar-refractivity contribution in [3.05, 3.63) is 64.2 Å². The van der Waals surface area contributed by atoms with Crippen LogP contribution in [0, 0.1) is 20.8 Å². The van der Waals surface area contributed by atoms with Crippen LogP contribution in [0.15, 0.2) is 36.4 Å². The summed E-state index contributed by atoms with van der Waals surface area (Å²) in [7, 11) is 1.61. The first kappa shape index (κ1) is 25.2. The van der Waals surface area contributed by atoms with Crippen LogP contribution in [-0.2, 0) is 9.53 Å². The summed E-state index contributed by atoms with van der Waals surface area (Å²) in [6.45, 7) is 14.6. The van der Waals surface area contributed by atoms with Crippen LogP contribution in [0.4, 0.5) is 0 Å². The quantitative estimate of drug-likeness (QED) is 0.301. The standard InChI is InChI=1S/C27H34O5/c1-17-16-21(11-13-23(17)30-9)22(28)12-10-20-14-18(2)24(19(3)15-20)31-27(7,8)25(29)32-26(4,5)6/h10-16H,1-9H3/b12-10+. The molecule has 0 amide bonds. The lowest BCUT2D eigenvalue weighted by Gasteiger charge is -2.30. The van der Waals surface area contributed by atoms with E-state index in [1.54, 1.807) is 45.2 Å². The number of hydrogen-bond donors (Lipinski definition) is 0. The zero-order chi connectivity index (χ0) is 24.3. The third-order valence-electron chi connectivity index (χ3n) is 4.84. The largest absolute Gasteiger partial charge is 0.496 e. The van der Waals surface area contributed by atoms with Crippen LogP contribution in [0.1, 0.15) is 67.2 Å². The fraction of sp³-hybridized carbons (Fsp3) is 0.407. The Balaban J connectivity index is 2.21. The first-order chi connectivity index (χ1) is 14.7. The molecule has 0 unspecified atom stereocenters. The van der Waals surface area contributed by atoms with Gasteiger partial charge in [0.05, 0.1) is 7.11 Å². The van der Waals surface area contributed by atoms with Gasteiger partial charge in [-0.15, -0.1) is 0 Å². The van der Waals surface area contributed by atoms with Gasteiger partial charge in [-0.05, 0) is 114 Å². The van der Waals surface area contributed by atoms with E-state index in [1.807, 2.05) is 59.7 Å². The van der Waals surface area contributed by atoms with Crippen LogP contribution in [0.25, 0.3) is 6.08 Å². The van der Waals surface area contributed by atoms with E-state index in [4.69, 9.17) is 14.2 Å². The Kier molecular flexibility index (Phi) is 7.55. The van der Waals surface area contributed by atoms with Gasteiger partial charge in [-0.3, -0.25) is 4.79 Å². The van der Waals surface area contributed by atoms with Gasteiger partial charge in [-0.2, -0.15) is 0 Å². The van der Waals surface area contributed by atoms with Crippen molar-refractivity contribution in [2.75, 3.05) is 7.11 Å². The van der Waals surface area contributed by atoms with Gasteiger partial charge in [0.2, 0.25) is 0 Å². The smallest absolute Gasteiger partial charge is 0.350 e. The van der Waals surface area contributed by atoms with Crippen LogP contribution in [0.3, 0.4) is 0 Å². The van der Waals surface area contributed by atoms with Crippen LogP contribution < -0.4 is 9.47 Å². The van der Waals surface area contributed by atoms with Crippen molar-refractivity contribution in [1.29, 1.82) is 0 Å². The predicted octanol–water partition coefficient (Wildman–Crippen LogP) is 6.02. The second-order valence-corrected chi connectivity index (χ2v) is 9.48. The number of esters is 1. The summed E-state index contributed by atoms with van der Waals surface area (Å²) in [4.78, 5) is 25.1. The number of hydrogen-bond acceptors (Lipinski definition) is 5. The molecule has 0 aromatic heterocycles. The molecule has 172 valence electrons. The number of benzene rings is 2. The maximum Gasteiger partial charge on any atom is 0.350 e. The molecule has 0 bridgehead atoms. The predicted molar refractivity (Wildman–Crippen MR) is 128 cm³/mol. The number of carbonyl (C=O) groups excluding carboxylic acids is 2. The normalized spacial score (nSPS) is 12.0. The van der Waals surface area contributed by atoms with Crippen molar-refractivity contribution in [2.24, 2.45) is 0 Å². The summed E-state index contributed by atoms with van der Waals surface area (Å²) < 4.78 is 16.8. The summed E-state index contributed by atoms with van der Waals surface area (Å²) >= 11 is 0. The SMILES string of the molecule is COc1ccc(C(=O)/C=C/c2cc(C)c(OC(C)(C)C(=O)OC(C)(C)C)c(C)c2)cc1C. The van der Waals surface area contributed by atoms with Crippen LogP contribution >= 0.6 is 0 Å². The monoisotopic (exact) mass is 438 g/mol. The fourth-order valence-electron chi connectivity index (χ4n) is 3.24. The molecule has 2 aromatic carbocycles. The average Bonchev–Trinajstić information content (AvgIpc) is 2.67. The van der Waals surface area contributed by atoms with E-state index in [0.29, 0.717) is 11.3 Å². The first-order valence-corrected chi connectivity index (χ1v) is 10.6. The number of aryl methyl sites for hydroxylation is 3. The van der Waals surface area contributed by atoms with E-state index in [2.05, 4.69) is 0 Å². The molecule has 0 heterocycles. The maximum absolute atomic E-state index is 12.6. The van der Waals surface area contributed by atoms with E-state index < -0.39 is 17.2 Å². The van der Waals surface area contributed by atoms with E-state index in [-0.39, 0.29) is 5.78 Å². The Labute approximate surface area is 191 Å². The van der Waals surface area contributed by atoms with Crippen molar-refractivity contribution >= 4 is 17.8 Å². The minimum atomic E-state index is -1.14. The van der Waals surface area contributed by atoms with Gasteiger partial charge in [-0.25, -0.2) is 4.79 Å². The van der Waals surface area contributed by atoms with Gasteiger partial charge >= 0.3 is 5.97 Å². The highest BCUT2D eigenvalue weighted by atomic mass is 16.6. The molecule has 0 radical (unpaired) electrons. The van der Waals surface area contributed by atoms with Gasteiger partial charge in [0, 0.05) is 5.56 Å². The molecular formula is C27H34O5. The zero-order valence-corrected chi connectivity index (χ0v) is 20.6. The minimum absolute atomic E-state index is 0.0857. The first-order valence-electron chi connectivity index (χ1n) is 10.6. The molecule has 0 saturated carbocycles. The molecule has 0 N–H and O–H groups in total. The van der Waals surface area contributed by atoms with E-state index in [9.17, 15) is 9.59 Å². The number of allylic oxidation sites excluding steroid dienone is 1. The molecule has 0 aliphatic carbocycles. The van der Waals surface area contributed by atoms with Crippen molar-refractivity contribution in [3.63, 3.8) is 0 Å². The number of rotatable bonds is 7. The highest BCUT2D eigenvalue weighted by molar-refractivity contribution is 6.07. The van der Waals surface area contributed by atoms with Gasteiger partial charge in [-0.1, -0.05) is 6.08 Å². The molecule has 0 spiro atoms. The maximum atomic E-state index is 12.6. The highest BCUT2D eigenvalue weighted by Gasteiger charge is 2.35. The Morgan fingerprint density at radius 1 is 0.875 bits per heavy atom. The highest BCUT2D eigenvalue weighted by Crippen LogP contribution is 2.30. The lowest BCUT2D eigenvalue weighted by Crippen LogP contribution is -2.43. The molecule has 0 atom stereocenters. The second-order valence-electron chi connectivity index (χ2n) is 9.48. The van der Waals surface area contributed by atoms with Gasteiger partial charge in [0.25, 0.3) is 0 Å². The van der Waals surface area contributed by atoms with Crippen molar-refractivity contribution < 1.29 is 23.8 Å². The molecule has 0 saturated heterocycles. The molecule has 0 fully saturated rings. The van der Waals surface area contributed by atoms with Gasteiger partial charge in [0.1, 0.15) is 17.1 Å². The second kappa shape index (κ2) is 9.60. The van der Waals surface area contributed by atoms with E-state index in [1.165, 1.54) is 0 Å². The number of carbonyl (C=O) groups is 2. The molecule has 2 aromatic rings. The lowest BCUT2D eigenvalue weighted by atomic mass is 10.0. The number of ether oxygens (including phenoxy) is 3. The average molecular weight is 439 g/mol. The van der Waals surface area contributed by atoms with Crippen LogP contribution in [0.2, 0.25) is 0 Å². The molecule has 0 aliphatic rings. The molecule has 5 heteroatoms. The van der Waals surface area contributed by atoms with Crippen molar-refractivity contribution in [3.8, 4) is 11.5 Å². The molecule has 0 aliphatic heterocycles. The van der Waals surface area contributed by atoms with Crippen molar-refractivity contribution in [2.45, 2.75) is 66.6 Å². The summed E-state index contributed by atoms with van der Waals surface area (Å²) in [5, 5.41) is 0. The van der Waals surface area contributed by atoms with Gasteiger partial charge in [0.15, 0.2) is 11.4 Å². The topological polar surface area (TPSA) is 61.8 Å². The Bertz CT molecular complexity index is 1020. The van der Waals surface area contributed by atoms with Gasteiger partial charge < -0.3 is 14.2 Å².